The van der Waals surface area contributed by atoms with Gasteiger partial charge in [-0.15, -0.1) is 6.58 Å². The van der Waals surface area contributed by atoms with E-state index in [2.05, 4.69) is 29.9 Å². The molecular weight excluding hydrogens is 216 g/mol. The minimum Gasteiger partial charge on any atom is -0.334 e. The molecule has 0 saturated heterocycles. The summed E-state index contributed by atoms with van der Waals surface area (Å²) < 4.78 is 2.81. The lowest BCUT2D eigenvalue weighted by atomic mass is 10.2. The Bertz CT molecular complexity index is 522. The zero-order valence-electron chi connectivity index (χ0n) is 9.02. The molecule has 0 fully saturated rings. The van der Waals surface area contributed by atoms with Gasteiger partial charge in [-0.1, -0.05) is 36.4 Å². The SMILES string of the molecule is C=CCc1cn(Cc2ccccc2)c(=S)[nH]1. The van der Waals surface area contributed by atoms with Crippen molar-refractivity contribution >= 4 is 12.2 Å². The first-order valence-electron chi connectivity index (χ1n) is 5.23. The molecule has 0 radical (unpaired) electrons. The van der Waals surface area contributed by atoms with E-state index in [0.29, 0.717) is 0 Å². The van der Waals surface area contributed by atoms with E-state index in [1.165, 1.54) is 5.56 Å². The van der Waals surface area contributed by atoms with Crippen molar-refractivity contribution in [3.63, 3.8) is 0 Å². The van der Waals surface area contributed by atoms with Crippen molar-refractivity contribution in [1.82, 2.24) is 9.55 Å². The fourth-order valence-corrected chi connectivity index (χ4v) is 1.89. The molecule has 0 aliphatic rings. The summed E-state index contributed by atoms with van der Waals surface area (Å²) in [6.07, 6.45) is 4.75. The van der Waals surface area contributed by atoms with Gasteiger partial charge in [0.05, 0.1) is 0 Å². The summed E-state index contributed by atoms with van der Waals surface area (Å²) in [5.41, 5.74) is 2.36. The third kappa shape index (κ3) is 2.49. The number of nitrogens with one attached hydrogen (secondary N) is 1. The van der Waals surface area contributed by atoms with Gasteiger partial charge >= 0.3 is 0 Å². The molecule has 1 heterocycles. The molecule has 3 heteroatoms. The minimum atomic E-state index is 0.765. The fourth-order valence-electron chi connectivity index (χ4n) is 1.64. The van der Waals surface area contributed by atoms with E-state index < -0.39 is 0 Å². The maximum Gasteiger partial charge on any atom is 0.177 e. The summed E-state index contributed by atoms with van der Waals surface area (Å²) >= 11 is 5.26. The standard InChI is InChI=1S/C13H14N2S/c1-2-6-12-10-15(13(16)14-12)9-11-7-4-3-5-8-11/h2-5,7-8,10H,1,6,9H2,(H,14,16). The van der Waals surface area contributed by atoms with Crippen molar-refractivity contribution < 1.29 is 0 Å². The number of nitrogens with zero attached hydrogens (tertiary/aromatic N) is 1. The Morgan fingerprint density at radius 3 is 2.75 bits per heavy atom. The van der Waals surface area contributed by atoms with Crippen LogP contribution in [-0.2, 0) is 13.0 Å². The number of aromatic amines is 1. The predicted octanol–water partition coefficient (Wildman–Crippen LogP) is 3.32. The second-order valence-electron chi connectivity index (χ2n) is 3.69. The van der Waals surface area contributed by atoms with Gasteiger partial charge in [-0.3, -0.25) is 0 Å². The molecule has 82 valence electrons. The monoisotopic (exact) mass is 230 g/mol. The number of aromatic nitrogens is 2. The molecule has 2 aromatic rings. The van der Waals surface area contributed by atoms with Gasteiger partial charge in [0.1, 0.15) is 0 Å². The first-order chi connectivity index (χ1) is 7.79. The van der Waals surface area contributed by atoms with Gasteiger partial charge in [0.25, 0.3) is 0 Å². The van der Waals surface area contributed by atoms with Crippen LogP contribution in [0.1, 0.15) is 11.3 Å². The molecule has 0 atom stereocenters. The van der Waals surface area contributed by atoms with Crippen molar-refractivity contribution in [1.29, 1.82) is 0 Å². The van der Waals surface area contributed by atoms with Crippen molar-refractivity contribution in [2.45, 2.75) is 13.0 Å². The Morgan fingerprint density at radius 1 is 1.31 bits per heavy atom. The van der Waals surface area contributed by atoms with Crippen LogP contribution in [-0.4, -0.2) is 9.55 Å². The zero-order valence-corrected chi connectivity index (χ0v) is 9.83. The van der Waals surface area contributed by atoms with Gasteiger partial charge in [0.15, 0.2) is 4.77 Å². The quantitative estimate of drug-likeness (QED) is 0.631. The van der Waals surface area contributed by atoms with Crippen LogP contribution >= 0.6 is 12.2 Å². The first kappa shape index (κ1) is 10.9. The molecule has 16 heavy (non-hydrogen) atoms. The van der Waals surface area contributed by atoms with Crippen LogP contribution in [0.5, 0.6) is 0 Å². The summed E-state index contributed by atoms with van der Waals surface area (Å²) in [6.45, 7) is 4.53. The Labute approximate surface area is 100 Å². The highest BCUT2D eigenvalue weighted by Crippen LogP contribution is 2.06. The van der Waals surface area contributed by atoms with Gasteiger partial charge in [-0.25, -0.2) is 0 Å². The van der Waals surface area contributed by atoms with Gasteiger partial charge in [-0.05, 0) is 17.8 Å². The molecule has 1 aromatic carbocycles. The highest BCUT2D eigenvalue weighted by molar-refractivity contribution is 7.71. The smallest absolute Gasteiger partial charge is 0.177 e. The molecule has 2 rings (SSSR count). The number of benzene rings is 1. The number of hydrogen-bond acceptors (Lipinski definition) is 1. The number of imidazole rings is 1. The van der Waals surface area contributed by atoms with Gasteiger partial charge < -0.3 is 9.55 Å². The van der Waals surface area contributed by atoms with Crippen LogP contribution in [0, 0.1) is 4.77 Å². The molecule has 1 N–H and O–H groups in total. The van der Waals surface area contributed by atoms with Crippen molar-refractivity contribution in [2.24, 2.45) is 0 Å². The second-order valence-corrected chi connectivity index (χ2v) is 4.08. The molecule has 0 spiro atoms. The highest BCUT2D eigenvalue weighted by Gasteiger charge is 1.99. The maximum absolute atomic E-state index is 5.26. The first-order valence-corrected chi connectivity index (χ1v) is 5.63. The Morgan fingerprint density at radius 2 is 2.06 bits per heavy atom. The largest absolute Gasteiger partial charge is 0.334 e. The highest BCUT2D eigenvalue weighted by atomic mass is 32.1. The molecular formula is C13H14N2S. The topological polar surface area (TPSA) is 20.7 Å². The summed E-state index contributed by atoms with van der Waals surface area (Å²) in [6, 6.07) is 10.3. The van der Waals surface area contributed by atoms with Crippen LogP contribution in [0.4, 0.5) is 0 Å². The van der Waals surface area contributed by atoms with E-state index in [4.69, 9.17) is 12.2 Å². The number of hydrogen-bond donors (Lipinski definition) is 1. The summed E-state index contributed by atoms with van der Waals surface area (Å²) in [5.74, 6) is 0. The number of H-pyrrole nitrogens is 1. The van der Waals surface area contributed by atoms with Crippen molar-refractivity contribution in [3.05, 3.63) is 65.2 Å². The van der Waals surface area contributed by atoms with Crippen LogP contribution in [0.15, 0.2) is 49.2 Å². The lowest BCUT2D eigenvalue weighted by molar-refractivity contribution is 0.784. The molecule has 0 bridgehead atoms. The van der Waals surface area contributed by atoms with E-state index in [1.807, 2.05) is 28.8 Å². The normalized spacial score (nSPS) is 10.2. The van der Waals surface area contributed by atoms with E-state index in [1.54, 1.807) is 0 Å². The third-order valence-electron chi connectivity index (χ3n) is 2.40. The summed E-state index contributed by atoms with van der Waals surface area (Å²) in [5, 5.41) is 0. The minimum absolute atomic E-state index is 0.765. The average molecular weight is 230 g/mol. The van der Waals surface area contributed by atoms with Gasteiger partial charge in [0, 0.05) is 24.9 Å². The molecule has 0 aliphatic carbocycles. The summed E-state index contributed by atoms with van der Waals surface area (Å²) in [7, 11) is 0. The van der Waals surface area contributed by atoms with Crippen molar-refractivity contribution in [2.75, 3.05) is 0 Å². The molecule has 0 unspecified atom stereocenters. The van der Waals surface area contributed by atoms with Gasteiger partial charge in [-0.2, -0.15) is 0 Å². The molecule has 1 aromatic heterocycles. The second kappa shape index (κ2) is 4.94. The van der Waals surface area contributed by atoms with Crippen LogP contribution < -0.4 is 0 Å². The fraction of sp³-hybridized carbons (Fsp3) is 0.154. The van der Waals surface area contributed by atoms with Crippen LogP contribution in [0.25, 0.3) is 0 Å². The Kier molecular flexibility index (Phi) is 3.37. The molecule has 0 saturated carbocycles. The van der Waals surface area contributed by atoms with E-state index in [9.17, 15) is 0 Å². The lowest BCUT2D eigenvalue weighted by Crippen LogP contribution is -1.97. The van der Waals surface area contributed by atoms with E-state index in [-0.39, 0.29) is 0 Å². The maximum atomic E-state index is 5.26. The van der Waals surface area contributed by atoms with Gasteiger partial charge in [0.2, 0.25) is 0 Å². The van der Waals surface area contributed by atoms with Crippen LogP contribution in [0.2, 0.25) is 0 Å². The van der Waals surface area contributed by atoms with Crippen molar-refractivity contribution in [3.8, 4) is 0 Å². The molecule has 0 amide bonds. The zero-order chi connectivity index (χ0) is 11.4. The molecule has 2 nitrogen and oxygen atoms in total. The molecule has 0 aliphatic heterocycles. The van der Waals surface area contributed by atoms with E-state index >= 15 is 0 Å². The predicted molar refractivity (Wildman–Crippen MR) is 69.1 cm³/mol. The van der Waals surface area contributed by atoms with Crippen LogP contribution in [0.3, 0.4) is 0 Å². The Hall–Kier alpha value is -1.61. The van der Waals surface area contributed by atoms with E-state index in [0.717, 1.165) is 23.4 Å². The average Bonchev–Trinajstić information content (AvgIpc) is 2.61. The number of allylic oxidation sites excluding steroid dienone is 1. The third-order valence-corrected chi connectivity index (χ3v) is 2.74. The Balaban J connectivity index is 2.22. The number of rotatable bonds is 4. The summed E-state index contributed by atoms with van der Waals surface area (Å²) in [4.78, 5) is 3.17. The lowest BCUT2D eigenvalue weighted by Gasteiger charge is -2.01.